The molecule has 1 N–H and O–H groups in total. The zero-order valence-corrected chi connectivity index (χ0v) is 11.8. The molecule has 0 aliphatic rings. The summed E-state index contributed by atoms with van der Waals surface area (Å²) in [5.41, 5.74) is 1.45. The van der Waals surface area contributed by atoms with Crippen molar-refractivity contribution in [2.45, 2.75) is 19.3 Å². The third-order valence-electron chi connectivity index (χ3n) is 2.88. The summed E-state index contributed by atoms with van der Waals surface area (Å²) in [5, 5.41) is 2.92. The number of carbonyl (C=O) groups is 1. The number of hydrogen-bond donors (Lipinski definition) is 1. The van der Waals surface area contributed by atoms with Crippen molar-refractivity contribution in [3.63, 3.8) is 0 Å². The van der Waals surface area contributed by atoms with E-state index in [0.29, 0.717) is 5.56 Å². The monoisotopic (exact) mass is 258 g/mol. The van der Waals surface area contributed by atoms with Gasteiger partial charge in [0.2, 0.25) is 0 Å². The maximum absolute atomic E-state index is 11.8. The van der Waals surface area contributed by atoms with Crippen molar-refractivity contribution in [3.8, 4) is 12.3 Å². The number of unbranched alkanes of at least 4 members (excludes halogenated alkanes) is 2. The molecular formula is C16H22N2O. The number of amides is 1. The quantitative estimate of drug-likeness (QED) is 0.600. The Labute approximate surface area is 116 Å². The van der Waals surface area contributed by atoms with Gasteiger partial charge in [0.25, 0.3) is 5.91 Å². The van der Waals surface area contributed by atoms with Gasteiger partial charge in [-0.05, 0) is 57.7 Å². The molecule has 0 radical (unpaired) electrons. The van der Waals surface area contributed by atoms with Crippen LogP contribution in [0.2, 0.25) is 0 Å². The van der Waals surface area contributed by atoms with Gasteiger partial charge in [-0.25, -0.2) is 0 Å². The molecule has 1 amide bonds. The molecule has 0 heterocycles. The van der Waals surface area contributed by atoms with Crippen LogP contribution in [-0.4, -0.2) is 38.0 Å². The molecule has 19 heavy (non-hydrogen) atoms. The molecule has 1 aromatic rings. The fourth-order valence-electron chi connectivity index (χ4n) is 1.75. The molecule has 0 saturated heterocycles. The Morgan fingerprint density at radius 2 is 1.89 bits per heavy atom. The van der Waals surface area contributed by atoms with Gasteiger partial charge >= 0.3 is 0 Å². The predicted molar refractivity (Wildman–Crippen MR) is 79.1 cm³/mol. The molecule has 0 fully saturated rings. The normalized spacial score (nSPS) is 10.2. The lowest BCUT2D eigenvalue weighted by Gasteiger charge is -2.09. The van der Waals surface area contributed by atoms with E-state index in [0.717, 1.165) is 31.5 Å². The summed E-state index contributed by atoms with van der Waals surface area (Å²) < 4.78 is 0. The molecule has 3 heteroatoms. The number of benzene rings is 1. The van der Waals surface area contributed by atoms with E-state index in [1.54, 1.807) is 24.3 Å². The Morgan fingerprint density at radius 3 is 2.47 bits per heavy atom. The molecule has 1 rings (SSSR count). The lowest BCUT2D eigenvalue weighted by atomic mass is 10.1. The van der Waals surface area contributed by atoms with Gasteiger partial charge in [-0.3, -0.25) is 4.79 Å². The van der Waals surface area contributed by atoms with Crippen LogP contribution < -0.4 is 5.32 Å². The third kappa shape index (κ3) is 6.08. The Balaban J connectivity index is 2.22. The molecule has 0 aromatic heterocycles. The lowest BCUT2D eigenvalue weighted by Crippen LogP contribution is -2.24. The average molecular weight is 258 g/mol. The van der Waals surface area contributed by atoms with Gasteiger partial charge in [0.1, 0.15) is 0 Å². The maximum Gasteiger partial charge on any atom is 0.251 e. The maximum atomic E-state index is 11.8. The fraction of sp³-hybridized carbons (Fsp3) is 0.438. The van der Waals surface area contributed by atoms with Crippen molar-refractivity contribution in [3.05, 3.63) is 35.4 Å². The third-order valence-corrected chi connectivity index (χ3v) is 2.88. The minimum Gasteiger partial charge on any atom is -0.352 e. The topological polar surface area (TPSA) is 32.3 Å². The SMILES string of the molecule is C#Cc1ccc(C(=O)NCCCCCN(C)C)cc1. The van der Waals surface area contributed by atoms with Crippen LogP contribution in [0, 0.1) is 12.3 Å². The first-order chi connectivity index (χ1) is 9.13. The molecule has 0 atom stereocenters. The van der Waals surface area contributed by atoms with Crippen LogP contribution in [0.15, 0.2) is 24.3 Å². The summed E-state index contributed by atoms with van der Waals surface area (Å²) >= 11 is 0. The van der Waals surface area contributed by atoms with Crippen LogP contribution >= 0.6 is 0 Å². The van der Waals surface area contributed by atoms with E-state index in [9.17, 15) is 4.79 Å². The summed E-state index contributed by atoms with van der Waals surface area (Å²) in [6.45, 7) is 1.82. The second-order valence-corrected chi connectivity index (χ2v) is 4.84. The molecule has 1 aromatic carbocycles. The van der Waals surface area contributed by atoms with Gasteiger partial charge < -0.3 is 10.2 Å². The highest BCUT2D eigenvalue weighted by Gasteiger charge is 2.03. The zero-order chi connectivity index (χ0) is 14.1. The Morgan fingerprint density at radius 1 is 1.21 bits per heavy atom. The highest BCUT2D eigenvalue weighted by Crippen LogP contribution is 2.03. The first-order valence-electron chi connectivity index (χ1n) is 6.63. The first-order valence-corrected chi connectivity index (χ1v) is 6.63. The van der Waals surface area contributed by atoms with E-state index < -0.39 is 0 Å². The van der Waals surface area contributed by atoms with Crippen LogP contribution in [0.1, 0.15) is 35.2 Å². The molecule has 0 aliphatic heterocycles. The van der Waals surface area contributed by atoms with Crippen LogP contribution in [0.4, 0.5) is 0 Å². The zero-order valence-electron chi connectivity index (χ0n) is 11.8. The highest BCUT2D eigenvalue weighted by atomic mass is 16.1. The standard InChI is InChI=1S/C16H22N2O/c1-4-14-8-10-15(11-9-14)16(19)17-12-6-5-7-13-18(2)3/h1,8-11H,5-7,12-13H2,2-3H3,(H,17,19). The molecule has 0 aliphatic carbocycles. The van der Waals surface area contributed by atoms with Crippen molar-refractivity contribution in [1.29, 1.82) is 0 Å². The molecule has 0 saturated carbocycles. The van der Waals surface area contributed by atoms with E-state index in [1.165, 1.54) is 6.42 Å². The summed E-state index contributed by atoms with van der Waals surface area (Å²) in [7, 11) is 4.14. The van der Waals surface area contributed by atoms with E-state index >= 15 is 0 Å². The Kier molecular flexibility index (Phi) is 6.70. The second kappa shape index (κ2) is 8.34. The van der Waals surface area contributed by atoms with Crippen LogP contribution in [-0.2, 0) is 0 Å². The predicted octanol–water partition coefficient (Wildman–Crippen LogP) is 2.13. The van der Waals surface area contributed by atoms with Crippen LogP contribution in [0.3, 0.4) is 0 Å². The van der Waals surface area contributed by atoms with Gasteiger partial charge in [0, 0.05) is 17.7 Å². The number of terminal acetylenes is 1. The minimum atomic E-state index is -0.0313. The first kappa shape index (κ1) is 15.3. The van der Waals surface area contributed by atoms with Crippen molar-refractivity contribution in [2.24, 2.45) is 0 Å². The van der Waals surface area contributed by atoms with Crippen molar-refractivity contribution in [1.82, 2.24) is 10.2 Å². The molecule has 102 valence electrons. The molecule has 3 nitrogen and oxygen atoms in total. The Bertz CT molecular complexity index is 429. The summed E-state index contributed by atoms with van der Waals surface area (Å²) in [4.78, 5) is 14.0. The number of hydrogen-bond acceptors (Lipinski definition) is 2. The Hall–Kier alpha value is -1.79. The van der Waals surface area contributed by atoms with E-state index in [2.05, 4.69) is 30.2 Å². The van der Waals surface area contributed by atoms with Gasteiger partial charge in [0.05, 0.1) is 0 Å². The molecule has 0 spiro atoms. The second-order valence-electron chi connectivity index (χ2n) is 4.84. The lowest BCUT2D eigenvalue weighted by molar-refractivity contribution is 0.0953. The number of nitrogens with one attached hydrogen (secondary N) is 1. The number of rotatable bonds is 7. The fourth-order valence-corrected chi connectivity index (χ4v) is 1.75. The van der Waals surface area contributed by atoms with Crippen molar-refractivity contribution >= 4 is 5.91 Å². The number of carbonyl (C=O) groups excluding carboxylic acids is 1. The summed E-state index contributed by atoms with van der Waals surface area (Å²) in [5.74, 6) is 2.50. The average Bonchev–Trinajstić information content (AvgIpc) is 2.42. The molecular weight excluding hydrogens is 236 g/mol. The van der Waals surface area contributed by atoms with Crippen molar-refractivity contribution < 1.29 is 4.79 Å². The van der Waals surface area contributed by atoms with Gasteiger partial charge in [-0.1, -0.05) is 12.3 Å². The van der Waals surface area contributed by atoms with Crippen molar-refractivity contribution in [2.75, 3.05) is 27.2 Å². The molecule has 0 bridgehead atoms. The molecule has 0 unspecified atom stereocenters. The van der Waals surface area contributed by atoms with Gasteiger partial charge in [0.15, 0.2) is 0 Å². The highest BCUT2D eigenvalue weighted by molar-refractivity contribution is 5.94. The number of nitrogens with zero attached hydrogens (tertiary/aromatic N) is 1. The summed E-state index contributed by atoms with van der Waals surface area (Å²) in [6, 6.07) is 7.09. The summed E-state index contributed by atoms with van der Waals surface area (Å²) in [6.07, 6.45) is 8.59. The van der Waals surface area contributed by atoms with Gasteiger partial charge in [-0.2, -0.15) is 0 Å². The minimum absolute atomic E-state index is 0.0313. The van der Waals surface area contributed by atoms with Crippen LogP contribution in [0.5, 0.6) is 0 Å². The van der Waals surface area contributed by atoms with E-state index in [1.807, 2.05) is 0 Å². The van der Waals surface area contributed by atoms with Crippen LogP contribution in [0.25, 0.3) is 0 Å². The largest absolute Gasteiger partial charge is 0.352 e. The van der Waals surface area contributed by atoms with Gasteiger partial charge in [-0.15, -0.1) is 6.42 Å². The van der Waals surface area contributed by atoms with E-state index in [4.69, 9.17) is 6.42 Å². The van der Waals surface area contributed by atoms with E-state index in [-0.39, 0.29) is 5.91 Å². The smallest absolute Gasteiger partial charge is 0.251 e.